The molecule has 0 aliphatic rings. The SMILES string of the molecule is CNCC[C@@H](C)NC(=O)c1c[nH]c2ncc(C(=N)c3ccc(Cl)cc3NC)nc12. The molecule has 0 fully saturated rings. The Bertz CT molecular complexity index is 1050. The van der Waals surface area contributed by atoms with Crippen LogP contribution in [0, 0.1) is 5.41 Å². The number of nitrogens with one attached hydrogen (secondary N) is 5. The molecule has 5 N–H and O–H groups in total. The van der Waals surface area contributed by atoms with Crippen molar-refractivity contribution in [3.05, 3.63) is 52.4 Å². The van der Waals surface area contributed by atoms with Crippen LogP contribution in [0.3, 0.4) is 0 Å². The fourth-order valence-electron chi connectivity index (χ4n) is 3.00. The zero-order valence-corrected chi connectivity index (χ0v) is 17.3. The third-order valence-corrected chi connectivity index (χ3v) is 4.84. The van der Waals surface area contributed by atoms with Crippen molar-refractivity contribution in [3.8, 4) is 0 Å². The second-order valence-electron chi connectivity index (χ2n) is 6.74. The summed E-state index contributed by atoms with van der Waals surface area (Å²) in [6, 6.07) is 5.25. The van der Waals surface area contributed by atoms with Crippen LogP contribution < -0.4 is 16.0 Å². The highest BCUT2D eigenvalue weighted by atomic mass is 35.5. The minimum atomic E-state index is -0.222. The van der Waals surface area contributed by atoms with Gasteiger partial charge in [0.15, 0.2) is 5.65 Å². The summed E-state index contributed by atoms with van der Waals surface area (Å²) in [5.74, 6) is -0.222. The van der Waals surface area contributed by atoms with Gasteiger partial charge in [-0.2, -0.15) is 0 Å². The number of carbonyl (C=O) groups is 1. The number of benzene rings is 1. The molecule has 1 atom stereocenters. The minimum absolute atomic E-state index is 0.0154. The molecular formula is C20H24ClN7O. The van der Waals surface area contributed by atoms with Crippen LogP contribution in [-0.4, -0.2) is 53.3 Å². The number of carbonyl (C=O) groups excluding carboxylic acids is 1. The summed E-state index contributed by atoms with van der Waals surface area (Å²) >= 11 is 6.05. The van der Waals surface area contributed by atoms with Gasteiger partial charge < -0.3 is 20.9 Å². The lowest BCUT2D eigenvalue weighted by Crippen LogP contribution is -2.34. The summed E-state index contributed by atoms with van der Waals surface area (Å²) in [4.78, 5) is 24.5. The van der Waals surface area contributed by atoms with Crippen LogP contribution in [-0.2, 0) is 0 Å². The lowest BCUT2D eigenvalue weighted by atomic mass is 10.1. The van der Waals surface area contributed by atoms with Gasteiger partial charge in [-0.3, -0.25) is 10.2 Å². The van der Waals surface area contributed by atoms with E-state index < -0.39 is 0 Å². The maximum Gasteiger partial charge on any atom is 0.255 e. The Morgan fingerprint density at radius 2 is 2.10 bits per heavy atom. The summed E-state index contributed by atoms with van der Waals surface area (Å²) in [7, 11) is 3.64. The molecular weight excluding hydrogens is 390 g/mol. The van der Waals surface area contributed by atoms with E-state index in [1.165, 1.54) is 6.20 Å². The quantitative estimate of drug-likeness (QED) is 0.364. The summed E-state index contributed by atoms with van der Waals surface area (Å²) < 4.78 is 0. The van der Waals surface area contributed by atoms with Crippen molar-refractivity contribution in [2.75, 3.05) is 26.0 Å². The molecule has 3 rings (SSSR count). The number of anilines is 1. The van der Waals surface area contributed by atoms with E-state index in [4.69, 9.17) is 17.0 Å². The van der Waals surface area contributed by atoms with Gasteiger partial charge in [-0.1, -0.05) is 11.6 Å². The molecule has 0 saturated heterocycles. The van der Waals surface area contributed by atoms with Crippen LogP contribution in [0.1, 0.15) is 35.0 Å². The Morgan fingerprint density at radius 1 is 1.31 bits per heavy atom. The highest BCUT2D eigenvalue weighted by Crippen LogP contribution is 2.23. The van der Waals surface area contributed by atoms with E-state index >= 15 is 0 Å². The largest absolute Gasteiger partial charge is 0.388 e. The summed E-state index contributed by atoms with van der Waals surface area (Å²) in [6.45, 7) is 2.77. The third-order valence-electron chi connectivity index (χ3n) is 4.61. The molecule has 2 aromatic heterocycles. The molecule has 0 saturated carbocycles. The average molecular weight is 414 g/mol. The predicted molar refractivity (Wildman–Crippen MR) is 116 cm³/mol. The maximum absolute atomic E-state index is 12.7. The molecule has 152 valence electrons. The van der Waals surface area contributed by atoms with E-state index in [1.807, 2.05) is 14.0 Å². The lowest BCUT2D eigenvalue weighted by Gasteiger charge is -2.13. The van der Waals surface area contributed by atoms with E-state index in [-0.39, 0.29) is 17.7 Å². The summed E-state index contributed by atoms with van der Waals surface area (Å²) in [5, 5.41) is 18.2. The number of amides is 1. The van der Waals surface area contributed by atoms with Gasteiger partial charge in [0.2, 0.25) is 0 Å². The number of hydrogen-bond donors (Lipinski definition) is 5. The molecule has 1 amide bonds. The number of H-pyrrole nitrogens is 1. The van der Waals surface area contributed by atoms with Gasteiger partial charge in [0.25, 0.3) is 5.91 Å². The van der Waals surface area contributed by atoms with Crippen LogP contribution in [0.25, 0.3) is 11.2 Å². The standard InChI is InChI=1S/C20H24ClN7O/c1-11(6-7-23-2)27-20(29)14-9-25-19-18(14)28-16(10-26-19)17(22)13-5-4-12(21)8-15(13)24-3/h4-5,8-11,22-24H,6-7H2,1-3H3,(H,25,26)(H,27,29)/t11-/m1/s1. The molecule has 0 unspecified atom stereocenters. The first-order valence-corrected chi connectivity index (χ1v) is 9.68. The Labute approximate surface area is 174 Å². The van der Waals surface area contributed by atoms with Gasteiger partial charge in [-0.25, -0.2) is 9.97 Å². The highest BCUT2D eigenvalue weighted by molar-refractivity contribution is 6.31. The number of halogens is 1. The first-order chi connectivity index (χ1) is 13.9. The number of rotatable bonds is 8. The van der Waals surface area contributed by atoms with E-state index in [0.29, 0.717) is 33.0 Å². The molecule has 0 spiro atoms. The van der Waals surface area contributed by atoms with Gasteiger partial charge in [0.05, 0.1) is 17.5 Å². The van der Waals surface area contributed by atoms with Crippen LogP contribution >= 0.6 is 11.6 Å². The van der Waals surface area contributed by atoms with E-state index in [1.54, 1.807) is 31.4 Å². The van der Waals surface area contributed by atoms with Crippen molar-refractivity contribution in [3.63, 3.8) is 0 Å². The molecule has 0 aliphatic carbocycles. The number of fused-ring (bicyclic) bond motifs is 1. The molecule has 1 aromatic carbocycles. The third kappa shape index (κ3) is 4.55. The maximum atomic E-state index is 12.7. The normalized spacial score (nSPS) is 12.0. The Hall–Kier alpha value is -2.97. The molecule has 29 heavy (non-hydrogen) atoms. The molecule has 0 radical (unpaired) electrons. The number of hydrogen-bond acceptors (Lipinski definition) is 6. The van der Waals surface area contributed by atoms with Crippen molar-refractivity contribution < 1.29 is 4.79 Å². The van der Waals surface area contributed by atoms with Gasteiger partial charge in [-0.05, 0) is 45.1 Å². The molecule has 0 aliphatic heterocycles. The van der Waals surface area contributed by atoms with Crippen LogP contribution in [0.2, 0.25) is 5.02 Å². The summed E-state index contributed by atoms with van der Waals surface area (Å²) in [5.41, 5.74) is 3.26. The van der Waals surface area contributed by atoms with Crippen molar-refractivity contribution >= 4 is 40.1 Å². The van der Waals surface area contributed by atoms with Crippen molar-refractivity contribution in [1.82, 2.24) is 25.6 Å². The summed E-state index contributed by atoms with van der Waals surface area (Å²) in [6.07, 6.45) is 3.93. The Kier molecular flexibility index (Phi) is 6.46. The smallest absolute Gasteiger partial charge is 0.255 e. The minimum Gasteiger partial charge on any atom is -0.388 e. The van der Waals surface area contributed by atoms with Crippen molar-refractivity contribution in [2.24, 2.45) is 0 Å². The van der Waals surface area contributed by atoms with Crippen LogP contribution in [0.4, 0.5) is 5.69 Å². The number of nitrogens with zero attached hydrogens (tertiary/aromatic N) is 2. The molecule has 3 aromatic rings. The van der Waals surface area contributed by atoms with Gasteiger partial charge in [-0.15, -0.1) is 0 Å². The molecule has 2 heterocycles. The lowest BCUT2D eigenvalue weighted by molar-refractivity contribution is 0.0940. The second-order valence-corrected chi connectivity index (χ2v) is 7.17. The first kappa shape index (κ1) is 20.8. The molecule has 9 heteroatoms. The van der Waals surface area contributed by atoms with Crippen LogP contribution in [0.15, 0.2) is 30.6 Å². The van der Waals surface area contributed by atoms with Crippen molar-refractivity contribution in [2.45, 2.75) is 19.4 Å². The van der Waals surface area contributed by atoms with Gasteiger partial charge in [0.1, 0.15) is 11.2 Å². The van der Waals surface area contributed by atoms with Crippen molar-refractivity contribution in [1.29, 1.82) is 5.41 Å². The monoisotopic (exact) mass is 413 g/mol. The topological polar surface area (TPSA) is 119 Å². The zero-order valence-electron chi connectivity index (χ0n) is 16.6. The van der Waals surface area contributed by atoms with Gasteiger partial charge in [0, 0.05) is 35.6 Å². The predicted octanol–water partition coefficient (Wildman–Crippen LogP) is 2.80. The average Bonchev–Trinajstić information content (AvgIpc) is 3.15. The first-order valence-electron chi connectivity index (χ1n) is 9.30. The van der Waals surface area contributed by atoms with E-state index in [0.717, 1.165) is 18.7 Å². The Balaban J connectivity index is 1.91. The number of aromatic nitrogens is 3. The van der Waals surface area contributed by atoms with E-state index in [9.17, 15) is 4.79 Å². The molecule has 0 bridgehead atoms. The fourth-order valence-corrected chi connectivity index (χ4v) is 3.17. The zero-order chi connectivity index (χ0) is 21.0. The van der Waals surface area contributed by atoms with Crippen LogP contribution in [0.5, 0.6) is 0 Å². The van der Waals surface area contributed by atoms with E-state index in [2.05, 4.69) is 30.9 Å². The fraction of sp³-hybridized carbons (Fsp3) is 0.300. The second kappa shape index (κ2) is 9.02. The number of aromatic amines is 1. The highest BCUT2D eigenvalue weighted by Gasteiger charge is 2.18. The van der Waals surface area contributed by atoms with Gasteiger partial charge >= 0.3 is 0 Å². The Morgan fingerprint density at radius 3 is 2.83 bits per heavy atom. The molecule has 8 nitrogen and oxygen atoms in total.